The molecule has 132 valence electrons. The minimum absolute atomic E-state index is 0.0578. The number of nitrogens with zero attached hydrogens (tertiary/aromatic N) is 1. The third kappa shape index (κ3) is 3.24. The van der Waals surface area contributed by atoms with E-state index < -0.39 is 0 Å². The molecular weight excluding hydrogens is 318 g/mol. The summed E-state index contributed by atoms with van der Waals surface area (Å²) < 4.78 is 11.2. The number of hydrogen-bond acceptors (Lipinski definition) is 4. The molecule has 0 aliphatic carbocycles. The Labute approximate surface area is 146 Å². The van der Waals surface area contributed by atoms with Gasteiger partial charge in [-0.2, -0.15) is 5.10 Å². The lowest BCUT2D eigenvalue weighted by Crippen LogP contribution is -2.28. The molecule has 1 atom stereocenters. The Morgan fingerprint density at radius 1 is 1.36 bits per heavy atom. The van der Waals surface area contributed by atoms with Crippen molar-refractivity contribution >= 4 is 16.9 Å². The Hall–Kier alpha value is -2.76. The number of carbonyl (C=O) groups is 1. The van der Waals surface area contributed by atoms with Gasteiger partial charge in [-0.1, -0.05) is 0 Å². The second kappa shape index (κ2) is 6.63. The molecule has 3 rings (SSSR count). The maximum absolute atomic E-state index is 12.4. The molecule has 0 saturated carbocycles. The van der Waals surface area contributed by atoms with Crippen molar-refractivity contribution in [2.75, 3.05) is 7.11 Å². The summed E-state index contributed by atoms with van der Waals surface area (Å²) in [5.74, 6) is 1.49. The number of rotatable bonds is 5. The zero-order valence-electron chi connectivity index (χ0n) is 15.2. The molecular formula is C19H23N3O3. The standard InChI is InChI=1S/C19H23N3O3/c1-10-15-8-14(24-5)6-7-17(15)25-19(10)13(4)20-18(23)9-16-11(2)21-22-12(16)3/h6-8,13H,9H2,1-5H3,(H,20,23)(H,21,22)/t13-/m1/s1. The molecule has 0 spiro atoms. The highest BCUT2D eigenvalue weighted by atomic mass is 16.5. The third-order valence-corrected chi connectivity index (χ3v) is 4.57. The fraction of sp³-hybridized carbons (Fsp3) is 0.368. The first-order valence-corrected chi connectivity index (χ1v) is 8.27. The molecule has 2 aromatic heterocycles. The number of aromatic amines is 1. The maximum atomic E-state index is 12.4. The van der Waals surface area contributed by atoms with Crippen LogP contribution in [0.25, 0.3) is 11.0 Å². The topological polar surface area (TPSA) is 80.2 Å². The summed E-state index contributed by atoms with van der Waals surface area (Å²) in [4.78, 5) is 12.4. The number of methoxy groups -OCH3 is 1. The van der Waals surface area contributed by atoms with E-state index in [-0.39, 0.29) is 11.9 Å². The molecule has 6 nitrogen and oxygen atoms in total. The summed E-state index contributed by atoms with van der Waals surface area (Å²) >= 11 is 0. The van der Waals surface area contributed by atoms with E-state index in [2.05, 4.69) is 15.5 Å². The first kappa shape index (κ1) is 17.1. The van der Waals surface area contributed by atoms with Crippen molar-refractivity contribution in [2.45, 2.75) is 40.2 Å². The minimum Gasteiger partial charge on any atom is -0.497 e. The largest absolute Gasteiger partial charge is 0.497 e. The minimum atomic E-state index is -0.224. The van der Waals surface area contributed by atoms with Crippen LogP contribution >= 0.6 is 0 Å². The molecule has 3 aromatic rings. The van der Waals surface area contributed by atoms with Crippen LogP contribution in [0.3, 0.4) is 0 Å². The van der Waals surface area contributed by atoms with Gasteiger partial charge in [-0.3, -0.25) is 9.89 Å². The van der Waals surface area contributed by atoms with Gasteiger partial charge in [-0.15, -0.1) is 0 Å². The highest BCUT2D eigenvalue weighted by Gasteiger charge is 2.20. The van der Waals surface area contributed by atoms with E-state index in [4.69, 9.17) is 9.15 Å². The van der Waals surface area contributed by atoms with Crippen molar-refractivity contribution in [2.24, 2.45) is 0 Å². The van der Waals surface area contributed by atoms with Crippen molar-refractivity contribution in [1.82, 2.24) is 15.5 Å². The summed E-state index contributed by atoms with van der Waals surface area (Å²) in [6.07, 6.45) is 0.297. The van der Waals surface area contributed by atoms with Gasteiger partial charge in [0.2, 0.25) is 5.91 Å². The van der Waals surface area contributed by atoms with Crippen LogP contribution in [0.4, 0.5) is 0 Å². The van der Waals surface area contributed by atoms with Gasteiger partial charge in [0.25, 0.3) is 0 Å². The van der Waals surface area contributed by atoms with E-state index in [0.29, 0.717) is 6.42 Å². The lowest BCUT2D eigenvalue weighted by Gasteiger charge is -2.12. The van der Waals surface area contributed by atoms with Gasteiger partial charge in [0, 0.05) is 22.2 Å². The Kier molecular flexibility index (Phi) is 4.53. The maximum Gasteiger partial charge on any atom is 0.225 e. The normalized spacial score (nSPS) is 12.4. The van der Waals surface area contributed by atoms with E-state index in [0.717, 1.165) is 45.0 Å². The van der Waals surface area contributed by atoms with Gasteiger partial charge in [0.1, 0.15) is 17.1 Å². The van der Waals surface area contributed by atoms with E-state index in [1.807, 2.05) is 45.9 Å². The lowest BCUT2D eigenvalue weighted by atomic mass is 10.1. The predicted molar refractivity (Wildman–Crippen MR) is 95.8 cm³/mol. The quantitative estimate of drug-likeness (QED) is 0.744. The number of fused-ring (bicyclic) bond motifs is 1. The number of benzene rings is 1. The number of nitrogens with one attached hydrogen (secondary N) is 2. The van der Waals surface area contributed by atoms with Gasteiger partial charge in [0.05, 0.1) is 25.3 Å². The molecule has 0 bridgehead atoms. The Balaban J connectivity index is 1.79. The zero-order chi connectivity index (χ0) is 18.1. The van der Waals surface area contributed by atoms with Gasteiger partial charge in [0.15, 0.2) is 0 Å². The smallest absolute Gasteiger partial charge is 0.225 e. The third-order valence-electron chi connectivity index (χ3n) is 4.57. The average molecular weight is 341 g/mol. The van der Waals surface area contributed by atoms with Crippen LogP contribution in [0.15, 0.2) is 22.6 Å². The van der Waals surface area contributed by atoms with E-state index in [1.165, 1.54) is 0 Å². The number of furan rings is 1. The van der Waals surface area contributed by atoms with Crippen LogP contribution in [0.1, 0.15) is 41.2 Å². The van der Waals surface area contributed by atoms with Gasteiger partial charge < -0.3 is 14.5 Å². The highest BCUT2D eigenvalue weighted by molar-refractivity contribution is 5.84. The van der Waals surface area contributed by atoms with E-state index >= 15 is 0 Å². The molecule has 25 heavy (non-hydrogen) atoms. The molecule has 0 aliphatic rings. The second-order valence-electron chi connectivity index (χ2n) is 6.33. The fourth-order valence-corrected chi connectivity index (χ4v) is 3.11. The van der Waals surface area contributed by atoms with Crippen LogP contribution in [-0.2, 0) is 11.2 Å². The van der Waals surface area contributed by atoms with Crippen molar-refractivity contribution in [3.05, 3.63) is 46.5 Å². The van der Waals surface area contributed by atoms with Crippen LogP contribution in [0.2, 0.25) is 0 Å². The molecule has 2 heterocycles. The monoisotopic (exact) mass is 341 g/mol. The Bertz CT molecular complexity index is 904. The summed E-state index contributed by atoms with van der Waals surface area (Å²) in [5.41, 5.74) is 4.52. The first-order valence-electron chi connectivity index (χ1n) is 8.27. The number of carbonyl (C=O) groups excluding carboxylic acids is 1. The molecule has 6 heteroatoms. The number of aryl methyl sites for hydroxylation is 3. The van der Waals surface area contributed by atoms with E-state index in [1.54, 1.807) is 7.11 Å². The summed E-state index contributed by atoms with van der Waals surface area (Å²) in [5, 5.41) is 11.0. The number of H-pyrrole nitrogens is 1. The second-order valence-corrected chi connectivity index (χ2v) is 6.33. The average Bonchev–Trinajstić information content (AvgIpc) is 3.08. The number of aromatic nitrogens is 2. The van der Waals surface area contributed by atoms with Crippen molar-refractivity contribution in [3.8, 4) is 5.75 Å². The van der Waals surface area contributed by atoms with Crippen LogP contribution in [0, 0.1) is 20.8 Å². The predicted octanol–water partition coefficient (Wildman–Crippen LogP) is 3.51. The van der Waals surface area contributed by atoms with E-state index in [9.17, 15) is 4.79 Å². The summed E-state index contributed by atoms with van der Waals surface area (Å²) in [7, 11) is 1.64. The number of amides is 1. The zero-order valence-corrected chi connectivity index (χ0v) is 15.2. The molecule has 0 unspecified atom stereocenters. The number of ether oxygens (including phenoxy) is 1. The van der Waals surface area contributed by atoms with Crippen LogP contribution < -0.4 is 10.1 Å². The molecule has 1 aromatic carbocycles. The van der Waals surface area contributed by atoms with Crippen molar-refractivity contribution < 1.29 is 13.9 Å². The highest BCUT2D eigenvalue weighted by Crippen LogP contribution is 2.31. The van der Waals surface area contributed by atoms with Gasteiger partial charge in [-0.25, -0.2) is 0 Å². The lowest BCUT2D eigenvalue weighted by molar-refractivity contribution is -0.121. The SMILES string of the molecule is COc1ccc2oc([C@@H](C)NC(=O)Cc3c(C)n[nH]c3C)c(C)c2c1. The molecule has 0 fully saturated rings. The molecule has 0 aliphatic heterocycles. The van der Waals surface area contributed by atoms with Gasteiger partial charge in [-0.05, 0) is 45.9 Å². The molecule has 2 N–H and O–H groups in total. The summed E-state index contributed by atoms with van der Waals surface area (Å²) in [6.45, 7) is 7.73. The summed E-state index contributed by atoms with van der Waals surface area (Å²) in [6, 6.07) is 5.48. The fourth-order valence-electron chi connectivity index (χ4n) is 3.11. The first-order chi connectivity index (χ1) is 11.9. The van der Waals surface area contributed by atoms with Crippen LogP contribution in [-0.4, -0.2) is 23.2 Å². The van der Waals surface area contributed by atoms with Crippen molar-refractivity contribution in [3.63, 3.8) is 0 Å². The van der Waals surface area contributed by atoms with Crippen LogP contribution in [0.5, 0.6) is 5.75 Å². The Morgan fingerprint density at radius 2 is 2.12 bits per heavy atom. The molecule has 0 saturated heterocycles. The Morgan fingerprint density at radius 3 is 2.76 bits per heavy atom. The number of hydrogen-bond donors (Lipinski definition) is 2. The van der Waals surface area contributed by atoms with Gasteiger partial charge >= 0.3 is 0 Å². The van der Waals surface area contributed by atoms with Crippen molar-refractivity contribution in [1.29, 1.82) is 0 Å². The molecule has 0 radical (unpaired) electrons. The molecule has 1 amide bonds.